The number of thioether (sulfide) groups is 1. The molecule has 2 N–H and O–H groups in total. The number of hydrogen-bond donors (Lipinski definition) is 2. The van der Waals surface area contributed by atoms with Gasteiger partial charge >= 0.3 is 6.09 Å². The fourth-order valence-corrected chi connectivity index (χ4v) is 5.32. The molecule has 29 heavy (non-hydrogen) atoms. The van der Waals surface area contributed by atoms with Crippen molar-refractivity contribution >= 4 is 46.2 Å². The van der Waals surface area contributed by atoms with Crippen molar-refractivity contribution in [2.75, 3.05) is 64.4 Å². The molecule has 158 valence electrons. The van der Waals surface area contributed by atoms with E-state index < -0.39 is 0 Å². The number of H-pyrrole nitrogens is 1. The number of hydrogen-bond acceptors (Lipinski definition) is 7. The molecule has 0 radical (unpaired) electrons. The predicted octanol–water partition coefficient (Wildman–Crippen LogP) is 2.26. The second-order valence-corrected chi connectivity index (χ2v) is 9.06. The SMILES string of the molecule is COC(=O)N1CCC(Sc2nc3cc(N4CCN(CCO)CC4)c(Cl)cc3[nH]2)C1. The largest absolute Gasteiger partial charge is 0.453 e. The van der Waals surface area contributed by atoms with Gasteiger partial charge in [-0.15, -0.1) is 0 Å². The van der Waals surface area contributed by atoms with E-state index in [9.17, 15) is 4.79 Å². The number of fused-ring (bicyclic) bond motifs is 1. The van der Waals surface area contributed by atoms with Crippen LogP contribution < -0.4 is 4.90 Å². The molecule has 2 fully saturated rings. The number of likely N-dealkylation sites (tertiary alicyclic amines) is 1. The van der Waals surface area contributed by atoms with Gasteiger partial charge in [0, 0.05) is 51.1 Å². The number of rotatable bonds is 5. The van der Waals surface area contributed by atoms with E-state index >= 15 is 0 Å². The van der Waals surface area contributed by atoms with Gasteiger partial charge in [-0.3, -0.25) is 4.90 Å². The van der Waals surface area contributed by atoms with Gasteiger partial charge in [-0.2, -0.15) is 0 Å². The standard InChI is InChI=1S/C19H26ClN5O3S/c1-28-19(27)25-3-2-13(12-25)29-18-21-15-10-14(20)17(11-16(15)22-18)24-6-4-23(5-7-24)8-9-26/h10-11,13,26H,2-9,12H2,1H3,(H,21,22). The van der Waals surface area contributed by atoms with Crippen LogP contribution in [0.2, 0.25) is 5.02 Å². The first-order chi connectivity index (χ1) is 14.1. The topological polar surface area (TPSA) is 84.9 Å². The number of ether oxygens (including phenoxy) is 1. The van der Waals surface area contributed by atoms with Crippen molar-refractivity contribution in [1.29, 1.82) is 0 Å². The first-order valence-corrected chi connectivity index (χ1v) is 11.1. The molecule has 2 aliphatic heterocycles. The number of nitrogens with zero attached hydrogens (tertiary/aromatic N) is 4. The minimum absolute atomic E-state index is 0.193. The van der Waals surface area contributed by atoms with Gasteiger partial charge in [0.2, 0.25) is 0 Å². The molecule has 0 spiro atoms. The summed E-state index contributed by atoms with van der Waals surface area (Å²) in [4.78, 5) is 26.0. The number of methoxy groups -OCH3 is 1. The number of β-amino-alcohol motifs (C(OH)–C–C–N with tert-alkyl or cyclic N) is 1. The van der Waals surface area contributed by atoms with Gasteiger partial charge < -0.3 is 24.6 Å². The average molecular weight is 440 g/mol. The third-order valence-electron chi connectivity index (χ3n) is 5.51. The molecule has 1 unspecified atom stereocenters. The fourth-order valence-electron chi connectivity index (χ4n) is 3.93. The monoisotopic (exact) mass is 439 g/mol. The first kappa shape index (κ1) is 20.6. The summed E-state index contributed by atoms with van der Waals surface area (Å²) in [5.74, 6) is 0. The van der Waals surface area contributed by atoms with Crippen LogP contribution in [0.5, 0.6) is 0 Å². The molecule has 3 heterocycles. The first-order valence-electron chi connectivity index (χ1n) is 9.84. The van der Waals surface area contributed by atoms with Gasteiger partial charge in [0.1, 0.15) is 0 Å². The Bertz CT molecular complexity index is 871. The molecule has 1 atom stereocenters. The van der Waals surface area contributed by atoms with Gasteiger partial charge in [-0.25, -0.2) is 9.78 Å². The van der Waals surface area contributed by atoms with Crippen LogP contribution >= 0.6 is 23.4 Å². The highest BCUT2D eigenvalue weighted by Gasteiger charge is 2.28. The molecular weight excluding hydrogens is 414 g/mol. The Kier molecular flexibility index (Phi) is 6.38. The van der Waals surface area contributed by atoms with E-state index in [1.807, 2.05) is 6.07 Å². The summed E-state index contributed by atoms with van der Waals surface area (Å²) in [7, 11) is 1.41. The Morgan fingerprint density at radius 2 is 2.14 bits per heavy atom. The minimum Gasteiger partial charge on any atom is -0.453 e. The second-order valence-electron chi connectivity index (χ2n) is 7.36. The van der Waals surface area contributed by atoms with Gasteiger partial charge in [0.05, 0.1) is 35.5 Å². The van der Waals surface area contributed by atoms with Gasteiger partial charge in [-0.1, -0.05) is 23.4 Å². The summed E-state index contributed by atoms with van der Waals surface area (Å²) in [6, 6.07) is 3.99. The lowest BCUT2D eigenvalue weighted by Crippen LogP contribution is -2.47. The zero-order valence-corrected chi connectivity index (χ0v) is 18.0. The molecule has 4 rings (SSSR count). The van der Waals surface area contributed by atoms with Crippen LogP contribution in [0.1, 0.15) is 6.42 Å². The number of aliphatic hydroxyl groups excluding tert-OH is 1. The Morgan fingerprint density at radius 1 is 1.34 bits per heavy atom. The number of imidazole rings is 1. The number of aliphatic hydroxyl groups is 1. The van der Waals surface area contributed by atoms with Crippen molar-refractivity contribution in [2.24, 2.45) is 0 Å². The van der Waals surface area contributed by atoms with Crippen molar-refractivity contribution < 1.29 is 14.6 Å². The number of piperazine rings is 1. The highest BCUT2D eigenvalue weighted by molar-refractivity contribution is 7.99. The van der Waals surface area contributed by atoms with Crippen LogP contribution in [0.3, 0.4) is 0 Å². The number of anilines is 1. The molecule has 1 amide bonds. The van der Waals surface area contributed by atoms with E-state index in [0.717, 1.165) is 61.0 Å². The Hall–Kier alpha value is -1.68. The van der Waals surface area contributed by atoms with E-state index in [2.05, 4.69) is 20.9 Å². The number of nitrogens with one attached hydrogen (secondary N) is 1. The van der Waals surface area contributed by atoms with Crippen LogP contribution in [0.4, 0.5) is 10.5 Å². The van der Waals surface area contributed by atoms with E-state index in [1.165, 1.54) is 7.11 Å². The predicted molar refractivity (Wildman–Crippen MR) is 115 cm³/mol. The average Bonchev–Trinajstić information content (AvgIpc) is 3.34. The van der Waals surface area contributed by atoms with Crippen molar-refractivity contribution in [1.82, 2.24) is 19.8 Å². The zero-order chi connectivity index (χ0) is 20.4. The summed E-state index contributed by atoms with van der Waals surface area (Å²) < 4.78 is 4.80. The summed E-state index contributed by atoms with van der Waals surface area (Å²) in [5, 5.41) is 11.0. The highest BCUT2D eigenvalue weighted by atomic mass is 35.5. The molecule has 2 saturated heterocycles. The number of carbonyl (C=O) groups excluding carboxylic acids is 1. The molecule has 2 aliphatic rings. The molecule has 1 aromatic carbocycles. The van der Waals surface area contributed by atoms with Crippen LogP contribution in [-0.4, -0.2) is 95.7 Å². The van der Waals surface area contributed by atoms with Crippen molar-refractivity contribution in [2.45, 2.75) is 16.8 Å². The number of carbonyl (C=O) groups is 1. The van der Waals surface area contributed by atoms with E-state index in [1.54, 1.807) is 16.7 Å². The Morgan fingerprint density at radius 3 is 2.86 bits per heavy atom. The lowest BCUT2D eigenvalue weighted by molar-refractivity contribution is 0.133. The number of halogens is 1. The molecule has 0 saturated carbocycles. The fraction of sp³-hybridized carbons (Fsp3) is 0.579. The maximum atomic E-state index is 11.7. The third-order valence-corrected chi connectivity index (χ3v) is 6.95. The lowest BCUT2D eigenvalue weighted by Gasteiger charge is -2.36. The molecule has 0 bridgehead atoms. The number of aromatic nitrogens is 2. The van der Waals surface area contributed by atoms with Gasteiger partial charge in [0.15, 0.2) is 5.16 Å². The third kappa shape index (κ3) is 4.58. The molecule has 8 nitrogen and oxygen atoms in total. The minimum atomic E-state index is -0.270. The second kappa shape index (κ2) is 8.99. The van der Waals surface area contributed by atoms with Crippen LogP contribution in [0.25, 0.3) is 11.0 Å². The highest BCUT2D eigenvalue weighted by Crippen LogP contribution is 2.34. The molecule has 2 aromatic rings. The molecule has 10 heteroatoms. The van der Waals surface area contributed by atoms with Crippen molar-refractivity contribution in [3.8, 4) is 0 Å². The smallest absolute Gasteiger partial charge is 0.409 e. The summed E-state index contributed by atoms with van der Waals surface area (Å²) in [5.41, 5.74) is 2.82. The Labute approximate surface area is 179 Å². The number of amides is 1. The summed E-state index contributed by atoms with van der Waals surface area (Å²) in [6.07, 6.45) is 0.647. The lowest BCUT2D eigenvalue weighted by atomic mass is 10.2. The van der Waals surface area contributed by atoms with Crippen LogP contribution in [0.15, 0.2) is 17.3 Å². The summed E-state index contributed by atoms with van der Waals surface area (Å²) in [6.45, 7) is 5.87. The van der Waals surface area contributed by atoms with Crippen molar-refractivity contribution in [3.05, 3.63) is 17.2 Å². The summed E-state index contributed by atoms with van der Waals surface area (Å²) >= 11 is 8.23. The number of aromatic amines is 1. The van der Waals surface area contributed by atoms with E-state index in [-0.39, 0.29) is 12.7 Å². The maximum absolute atomic E-state index is 11.7. The molecular formula is C19H26ClN5O3S. The molecule has 0 aliphatic carbocycles. The quantitative estimate of drug-likeness (QED) is 0.739. The van der Waals surface area contributed by atoms with Crippen molar-refractivity contribution in [3.63, 3.8) is 0 Å². The molecule has 1 aromatic heterocycles. The maximum Gasteiger partial charge on any atom is 0.409 e. The van der Waals surface area contributed by atoms with Gasteiger partial charge in [0.25, 0.3) is 0 Å². The Balaban J connectivity index is 1.44. The van der Waals surface area contributed by atoms with Gasteiger partial charge in [-0.05, 0) is 18.6 Å². The number of benzene rings is 1. The zero-order valence-electron chi connectivity index (χ0n) is 16.4. The van der Waals surface area contributed by atoms with E-state index in [4.69, 9.17) is 26.4 Å². The van der Waals surface area contributed by atoms with Crippen LogP contribution in [-0.2, 0) is 4.74 Å². The van der Waals surface area contributed by atoms with Crippen LogP contribution in [0, 0.1) is 0 Å². The van der Waals surface area contributed by atoms with E-state index in [0.29, 0.717) is 23.4 Å². The normalized spacial score (nSPS) is 20.6.